The zero-order valence-corrected chi connectivity index (χ0v) is 17.4. The molecule has 0 aliphatic carbocycles. The van der Waals surface area contributed by atoms with E-state index in [1.807, 2.05) is 0 Å². The predicted octanol–water partition coefficient (Wildman–Crippen LogP) is 3.84. The molecule has 1 saturated heterocycles. The number of cyclic esters (lactones) is 1. The summed E-state index contributed by atoms with van der Waals surface area (Å²) < 4.78 is 46.3. The van der Waals surface area contributed by atoms with Crippen LogP contribution in [0.15, 0.2) is 77.7 Å². The molecule has 4 rings (SSSR count). The van der Waals surface area contributed by atoms with Crippen LogP contribution in [0.25, 0.3) is 0 Å². The molecule has 164 valence electrons. The standard InChI is InChI=1S/C22H18FN3O5S/c23-17-8-1-2-9-18(17)25-32(29,30)16-7-5-6-15(14-16)21(27)24-19-10-3-4-11-20(19)26-12-13-31-22(26)28/h1-11,14,25H,12-13H2,(H,24,27). The molecule has 2 amide bonds. The van der Waals surface area contributed by atoms with Gasteiger partial charge in [0.05, 0.1) is 28.5 Å². The first-order chi connectivity index (χ1) is 15.3. The number of sulfonamides is 1. The van der Waals surface area contributed by atoms with Gasteiger partial charge in [0.15, 0.2) is 0 Å². The molecule has 0 spiro atoms. The normalized spacial score (nSPS) is 13.5. The highest BCUT2D eigenvalue weighted by atomic mass is 32.2. The lowest BCUT2D eigenvalue weighted by Gasteiger charge is -2.17. The largest absolute Gasteiger partial charge is 0.447 e. The van der Waals surface area contributed by atoms with E-state index in [4.69, 9.17) is 4.74 Å². The van der Waals surface area contributed by atoms with E-state index < -0.39 is 27.8 Å². The maximum atomic E-state index is 13.9. The molecule has 2 N–H and O–H groups in total. The van der Waals surface area contributed by atoms with Crippen LogP contribution >= 0.6 is 0 Å². The van der Waals surface area contributed by atoms with Gasteiger partial charge < -0.3 is 10.1 Å². The zero-order valence-electron chi connectivity index (χ0n) is 16.6. The van der Waals surface area contributed by atoms with E-state index in [9.17, 15) is 22.4 Å². The minimum atomic E-state index is -4.13. The van der Waals surface area contributed by atoms with Gasteiger partial charge in [0, 0.05) is 5.56 Å². The summed E-state index contributed by atoms with van der Waals surface area (Å²) in [6.45, 7) is 0.594. The number of para-hydroxylation sites is 3. The fraction of sp³-hybridized carbons (Fsp3) is 0.0909. The van der Waals surface area contributed by atoms with E-state index in [0.717, 1.165) is 6.07 Å². The number of carbonyl (C=O) groups excluding carboxylic acids is 2. The van der Waals surface area contributed by atoms with E-state index in [-0.39, 0.29) is 22.8 Å². The third-order valence-corrected chi connectivity index (χ3v) is 6.09. The first-order valence-corrected chi connectivity index (χ1v) is 11.1. The second kappa shape index (κ2) is 8.67. The quantitative estimate of drug-likeness (QED) is 0.588. The van der Waals surface area contributed by atoms with Crippen molar-refractivity contribution in [3.05, 3.63) is 84.2 Å². The Kier molecular flexibility index (Phi) is 5.78. The van der Waals surface area contributed by atoms with E-state index in [1.54, 1.807) is 24.3 Å². The van der Waals surface area contributed by atoms with Crippen LogP contribution in [0, 0.1) is 5.82 Å². The number of benzene rings is 3. The van der Waals surface area contributed by atoms with E-state index in [2.05, 4.69) is 10.0 Å². The van der Waals surface area contributed by atoms with E-state index in [0.29, 0.717) is 17.9 Å². The molecule has 0 aromatic heterocycles. The molecule has 10 heteroatoms. The highest BCUT2D eigenvalue weighted by Gasteiger charge is 2.26. The van der Waals surface area contributed by atoms with Gasteiger partial charge in [-0.2, -0.15) is 0 Å². The molecule has 0 radical (unpaired) electrons. The minimum absolute atomic E-state index is 0.0696. The van der Waals surface area contributed by atoms with Crippen molar-refractivity contribution in [1.82, 2.24) is 0 Å². The molecular formula is C22H18FN3O5S. The van der Waals surface area contributed by atoms with Crippen molar-refractivity contribution in [1.29, 1.82) is 0 Å². The van der Waals surface area contributed by atoms with Crippen LogP contribution in [0.3, 0.4) is 0 Å². The number of halogens is 1. The van der Waals surface area contributed by atoms with Gasteiger partial charge in [-0.15, -0.1) is 0 Å². The maximum Gasteiger partial charge on any atom is 0.414 e. The molecule has 1 aliphatic heterocycles. The number of carbonyl (C=O) groups is 2. The number of anilines is 3. The molecule has 8 nitrogen and oxygen atoms in total. The Morgan fingerprint density at radius 1 is 0.969 bits per heavy atom. The van der Waals surface area contributed by atoms with E-state index >= 15 is 0 Å². The second-order valence-corrected chi connectivity index (χ2v) is 8.53. The maximum absolute atomic E-state index is 13.9. The Hall–Kier alpha value is -3.92. The molecule has 0 unspecified atom stereocenters. The molecule has 32 heavy (non-hydrogen) atoms. The van der Waals surface area contributed by atoms with Gasteiger partial charge in [-0.3, -0.25) is 14.4 Å². The topological polar surface area (TPSA) is 105 Å². The summed E-state index contributed by atoms with van der Waals surface area (Å²) in [5.41, 5.74) is 0.705. The van der Waals surface area contributed by atoms with Gasteiger partial charge in [-0.25, -0.2) is 17.6 Å². The molecule has 3 aromatic rings. The lowest BCUT2D eigenvalue weighted by molar-refractivity contribution is 0.102. The van der Waals surface area contributed by atoms with Gasteiger partial charge in [0.2, 0.25) is 0 Å². The van der Waals surface area contributed by atoms with Crippen molar-refractivity contribution in [3.63, 3.8) is 0 Å². The smallest absolute Gasteiger partial charge is 0.414 e. The third-order valence-electron chi connectivity index (χ3n) is 4.73. The number of amides is 2. The first-order valence-electron chi connectivity index (χ1n) is 9.57. The first kappa shape index (κ1) is 21.3. The molecule has 1 fully saturated rings. The summed E-state index contributed by atoms with van der Waals surface area (Å²) in [4.78, 5) is 25.9. The van der Waals surface area contributed by atoms with Gasteiger partial charge >= 0.3 is 6.09 Å². The van der Waals surface area contributed by atoms with Crippen LogP contribution in [0.5, 0.6) is 0 Å². The van der Waals surface area contributed by atoms with Crippen LogP contribution < -0.4 is 14.9 Å². The minimum Gasteiger partial charge on any atom is -0.447 e. The fourth-order valence-corrected chi connectivity index (χ4v) is 4.29. The molecule has 1 aliphatic rings. The van der Waals surface area contributed by atoms with Crippen LogP contribution in [-0.4, -0.2) is 33.6 Å². The van der Waals surface area contributed by atoms with Gasteiger partial charge in [-0.1, -0.05) is 30.3 Å². The Labute approximate surface area is 183 Å². The molecule has 0 atom stereocenters. The molecule has 0 bridgehead atoms. The van der Waals surface area contributed by atoms with Crippen LogP contribution in [0.2, 0.25) is 0 Å². The Morgan fingerprint density at radius 3 is 2.41 bits per heavy atom. The summed E-state index contributed by atoms with van der Waals surface area (Å²) in [5.74, 6) is -1.30. The van der Waals surface area contributed by atoms with Gasteiger partial charge in [-0.05, 0) is 42.5 Å². The lowest BCUT2D eigenvalue weighted by Crippen LogP contribution is -2.25. The average molecular weight is 455 g/mol. The Bertz CT molecular complexity index is 1300. The molecular weight excluding hydrogens is 437 g/mol. The summed E-state index contributed by atoms with van der Waals surface area (Å²) in [6.07, 6.45) is -0.515. The van der Waals surface area contributed by atoms with Crippen molar-refractivity contribution in [2.75, 3.05) is 28.1 Å². The highest BCUT2D eigenvalue weighted by Crippen LogP contribution is 2.28. The summed E-state index contributed by atoms with van der Waals surface area (Å²) in [7, 11) is -4.13. The SMILES string of the molecule is O=C(Nc1ccccc1N1CCOC1=O)c1cccc(S(=O)(=O)Nc2ccccc2F)c1. The summed E-state index contributed by atoms with van der Waals surface area (Å²) >= 11 is 0. The van der Waals surface area contributed by atoms with Crippen molar-refractivity contribution >= 4 is 39.1 Å². The monoisotopic (exact) mass is 455 g/mol. The van der Waals surface area contributed by atoms with E-state index in [1.165, 1.54) is 47.4 Å². The second-order valence-electron chi connectivity index (χ2n) is 6.85. The highest BCUT2D eigenvalue weighted by molar-refractivity contribution is 7.92. The average Bonchev–Trinajstić information content (AvgIpc) is 3.21. The predicted molar refractivity (Wildman–Crippen MR) is 117 cm³/mol. The fourth-order valence-electron chi connectivity index (χ4n) is 3.17. The number of hydrogen-bond acceptors (Lipinski definition) is 5. The van der Waals surface area contributed by atoms with Crippen LogP contribution in [0.4, 0.5) is 26.2 Å². The summed E-state index contributed by atoms with van der Waals surface area (Å²) in [5, 5.41) is 2.70. The Balaban J connectivity index is 1.57. The van der Waals surface area contributed by atoms with Crippen LogP contribution in [-0.2, 0) is 14.8 Å². The van der Waals surface area contributed by atoms with Crippen molar-refractivity contribution in [3.8, 4) is 0 Å². The number of nitrogens with zero attached hydrogens (tertiary/aromatic N) is 1. The lowest BCUT2D eigenvalue weighted by atomic mass is 10.2. The Morgan fingerprint density at radius 2 is 1.69 bits per heavy atom. The zero-order chi connectivity index (χ0) is 22.7. The summed E-state index contributed by atoms with van der Waals surface area (Å²) in [6, 6.07) is 17.4. The van der Waals surface area contributed by atoms with Gasteiger partial charge in [0.1, 0.15) is 12.4 Å². The van der Waals surface area contributed by atoms with Gasteiger partial charge in [0.25, 0.3) is 15.9 Å². The van der Waals surface area contributed by atoms with Crippen molar-refractivity contribution < 1.29 is 27.1 Å². The molecule has 0 saturated carbocycles. The molecule has 3 aromatic carbocycles. The number of ether oxygens (including phenoxy) is 1. The molecule has 1 heterocycles. The number of nitrogens with one attached hydrogen (secondary N) is 2. The van der Waals surface area contributed by atoms with Crippen molar-refractivity contribution in [2.24, 2.45) is 0 Å². The number of rotatable bonds is 6. The van der Waals surface area contributed by atoms with Crippen LogP contribution in [0.1, 0.15) is 10.4 Å². The third kappa shape index (κ3) is 4.40. The van der Waals surface area contributed by atoms with Crippen molar-refractivity contribution in [2.45, 2.75) is 4.90 Å². The number of hydrogen-bond donors (Lipinski definition) is 2.